The number of methoxy groups -OCH3 is 1. The molecule has 5 rings (SSSR count). The molecule has 0 saturated carbocycles. The third-order valence-corrected chi connectivity index (χ3v) is 11.6. The van der Waals surface area contributed by atoms with Crippen molar-refractivity contribution >= 4 is 38.5 Å². The van der Waals surface area contributed by atoms with Crippen LogP contribution in [0.15, 0.2) is 51.8 Å². The summed E-state index contributed by atoms with van der Waals surface area (Å²) in [5.41, 5.74) is 4.08. The molecule has 2 unspecified atom stereocenters. The molecular weight excluding hydrogens is 627 g/mol. The summed E-state index contributed by atoms with van der Waals surface area (Å²) in [5.74, 6) is 0.627. The number of nitrogens with one attached hydrogen (secondary N) is 1. The molecule has 2 aromatic rings. The molecule has 0 spiro atoms. The van der Waals surface area contributed by atoms with Crippen LogP contribution in [-0.4, -0.2) is 85.9 Å². The Morgan fingerprint density at radius 1 is 1.06 bits per heavy atom. The zero-order valence-electron chi connectivity index (χ0n) is 29.8. The van der Waals surface area contributed by atoms with Crippen molar-refractivity contribution in [2.24, 2.45) is 22.8 Å². The minimum atomic E-state index is -3.71. The lowest BCUT2D eigenvalue weighted by atomic mass is 9.80. The number of ether oxygens (including phenoxy) is 1. The summed E-state index contributed by atoms with van der Waals surface area (Å²) in [6.07, 6.45) is 8.57. The molecule has 262 valence electrons. The predicted molar refractivity (Wildman–Crippen MR) is 191 cm³/mol. The van der Waals surface area contributed by atoms with Gasteiger partial charge in [-0.2, -0.15) is 4.40 Å². The minimum absolute atomic E-state index is 0.0246. The average Bonchev–Trinajstić information content (AvgIpc) is 3.51. The van der Waals surface area contributed by atoms with Gasteiger partial charge in [-0.3, -0.25) is 14.5 Å². The van der Waals surface area contributed by atoms with Gasteiger partial charge < -0.3 is 19.5 Å². The van der Waals surface area contributed by atoms with E-state index in [0.29, 0.717) is 30.2 Å². The van der Waals surface area contributed by atoms with Crippen LogP contribution in [0.25, 0.3) is 10.9 Å². The van der Waals surface area contributed by atoms with E-state index in [4.69, 9.17) is 4.74 Å². The van der Waals surface area contributed by atoms with Crippen LogP contribution in [0.3, 0.4) is 0 Å². The Bertz CT molecular complexity index is 1750. The van der Waals surface area contributed by atoms with E-state index in [1.807, 2.05) is 29.8 Å². The van der Waals surface area contributed by atoms with Gasteiger partial charge in [-0.25, -0.2) is 8.42 Å². The highest BCUT2D eigenvalue weighted by Crippen LogP contribution is 2.35. The highest BCUT2D eigenvalue weighted by atomic mass is 32.2. The summed E-state index contributed by atoms with van der Waals surface area (Å²) in [4.78, 5) is 31.5. The van der Waals surface area contributed by atoms with E-state index in [2.05, 4.69) is 53.4 Å². The molecule has 2 fully saturated rings. The van der Waals surface area contributed by atoms with Crippen LogP contribution in [0.2, 0.25) is 0 Å². The molecule has 3 aliphatic rings. The first kappa shape index (κ1) is 35.9. The van der Waals surface area contributed by atoms with E-state index in [-0.39, 0.29) is 40.5 Å². The largest absolute Gasteiger partial charge is 0.493 e. The first-order valence-electron chi connectivity index (χ1n) is 17.4. The number of rotatable bonds is 9. The normalized spacial score (nSPS) is 22.3. The molecule has 48 heavy (non-hydrogen) atoms. The third-order valence-electron chi connectivity index (χ3n) is 10.2. The van der Waals surface area contributed by atoms with E-state index in [0.717, 1.165) is 74.6 Å². The monoisotopic (exact) mass is 679 g/mol. The van der Waals surface area contributed by atoms with Crippen LogP contribution in [0.4, 0.5) is 0 Å². The van der Waals surface area contributed by atoms with Gasteiger partial charge in [-0.1, -0.05) is 51.5 Å². The zero-order chi connectivity index (χ0) is 34.8. The van der Waals surface area contributed by atoms with Crippen LogP contribution in [0, 0.1) is 11.3 Å². The summed E-state index contributed by atoms with van der Waals surface area (Å²) in [7, 11) is 1.73. The van der Waals surface area contributed by atoms with Crippen LogP contribution < -0.4 is 5.32 Å². The van der Waals surface area contributed by atoms with Gasteiger partial charge in [0, 0.05) is 31.9 Å². The molecule has 10 nitrogen and oxygen atoms in total. The number of amides is 2. The fourth-order valence-corrected chi connectivity index (χ4v) is 8.50. The minimum Gasteiger partial charge on any atom is -0.493 e. The average molecular weight is 680 g/mol. The van der Waals surface area contributed by atoms with Gasteiger partial charge in [0.1, 0.15) is 11.4 Å². The van der Waals surface area contributed by atoms with E-state index < -0.39 is 10.0 Å². The van der Waals surface area contributed by atoms with Crippen molar-refractivity contribution < 1.29 is 22.7 Å². The van der Waals surface area contributed by atoms with E-state index in [9.17, 15) is 18.0 Å². The van der Waals surface area contributed by atoms with E-state index in [1.54, 1.807) is 13.0 Å². The first-order chi connectivity index (χ1) is 22.7. The maximum Gasteiger partial charge on any atom is 0.272 e. The van der Waals surface area contributed by atoms with Gasteiger partial charge >= 0.3 is 0 Å². The molecule has 1 aromatic heterocycles. The zero-order valence-corrected chi connectivity index (χ0v) is 30.6. The Labute approximate surface area is 286 Å². The fraction of sp³-hybridized carbons (Fsp3) is 0.595. The quantitative estimate of drug-likeness (QED) is 0.370. The summed E-state index contributed by atoms with van der Waals surface area (Å²) in [6, 6.07) is 8.17. The summed E-state index contributed by atoms with van der Waals surface area (Å²) in [5, 5.41) is 4.06. The lowest BCUT2D eigenvalue weighted by Gasteiger charge is -2.29. The molecule has 1 aliphatic carbocycles. The van der Waals surface area contributed by atoms with Gasteiger partial charge in [-0.15, -0.1) is 0 Å². The topological polar surface area (TPSA) is 113 Å². The molecule has 3 heterocycles. The van der Waals surface area contributed by atoms with Crippen LogP contribution >= 0.6 is 0 Å². The number of para-hydroxylation sites is 1. The number of likely N-dealkylation sites (N-methyl/N-ethyl adjacent to an activating group) is 1. The lowest BCUT2D eigenvalue weighted by molar-refractivity contribution is -0.135. The number of allylic oxidation sites excluding steroid dienone is 2. The van der Waals surface area contributed by atoms with Crippen LogP contribution in [0.1, 0.15) is 88.7 Å². The number of carbonyl (C=O) groups excluding carboxylic acids is 2. The Kier molecular flexibility index (Phi) is 10.9. The Hall–Kier alpha value is -3.44. The molecule has 2 atom stereocenters. The van der Waals surface area contributed by atoms with Gasteiger partial charge in [-0.05, 0) is 87.6 Å². The number of aryl methyl sites for hydroxylation is 1. The highest BCUT2D eigenvalue weighted by Gasteiger charge is 2.33. The Balaban J connectivity index is 1.37. The molecule has 0 radical (unpaired) electrons. The van der Waals surface area contributed by atoms with Crippen molar-refractivity contribution in [1.82, 2.24) is 19.7 Å². The number of fused-ring (bicyclic) bond motifs is 1. The molecule has 0 bridgehead atoms. The van der Waals surface area contributed by atoms with Gasteiger partial charge in [0.2, 0.25) is 5.91 Å². The van der Waals surface area contributed by atoms with Crippen molar-refractivity contribution in [3.05, 3.63) is 58.6 Å². The summed E-state index contributed by atoms with van der Waals surface area (Å²) in [6.45, 7) is 10.6. The van der Waals surface area contributed by atoms with Crippen molar-refractivity contribution in [3.63, 3.8) is 0 Å². The molecule has 2 aliphatic heterocycles. The smallest absolute Gasteiger partial charge is 0.272 e. The van der Waals surface area contributed by atoms with Gasteiger partial charge in [0.25, 0.3) is 15.9 Å². The van der Waals surface area contributed by atoms with Gasteiger partial charge in [0.05, 0.1) is 30.1 Å². The van der Waals surface area contributed by atoms with Crippen LogP contribution in [0.5, 0.6) is 0 Å². The lowest BCUT2D eigenvalue weighted by Crippen LogP contribution is -2.44. The second-order valence-corrected chi connectivity index (χ2v) is 16.5. The summed E-state index contributed by atoms with van der Waals surface area (Å²) < 4.78 is 37.2. The molecule has 11 heteroatoms. The number of carbonyl (C=O) groups is 2. The highest BCUT2D eigenvalue weighted by molar-refractivity contribution is 7.90. The maximum absolute atomic E-state index is 14.0. The van der Waals surface area contributed by atoms with Crippen LogP contribution in [-0.2, 0) is 33.0 Å². The Morgan fingerprint density at radius 3 is 2.48 bits per heavy atom. The number of likely N-dealkylation sites (tertiary alicyclic amines) is 2. The number of hydrogen-bond donors (Lipinski definition) is 1. The molecule has 2 saturated heterocycles. The number of nitrogens with zero attached hydrogens (tertiary/aromatic N) is 4. The predicted octanol–water partition coefficient (Wildman–Crippen LogP) is 5.59. The molecule has 2 amide bonds. The van der Waals surface area contributed by atoms with Crippen molar-refractivity contribution in [2.45, 2.75) is 85.1 Å². The second-order valence-electron chi connectivity index (χ2n) is 14.7. The molecule has 1 N–H and O–H groups in total. The molecule has 1 aromatic carbocycles. The maximum atomic E-state index is 14.0. The number of benzene rings is 1. The SMILES string of the molecule is CCCS(=O)(=O)N=C1C=C(C(C)(C)C)CC(NC(=O)c2cc3cccc(CC4CCCN(C(=O)C5CCCN5C)CC4)c3n2C)=C1OC. The second kappa shape index (κ2) is 14.6. The van der Waals surface area contributed by atoms with Crippen molar-refractivity contribution in [3.8, 4) is 0 Å². The standard InChI is InChI=1S/C37H53N5O5S/c1-8-20-48(45,46)39-30-24-28(37(2,3)4)23-29(34(30)47-7)38-35(43)32-22-27-14-9-13-26(33(27)41(32)6)21-25-12-10-18-42(19-16-25)36(44)31-15-11-17-40(31)5/h9,13-14,22,24-25,31H,8,10-12,15-21,23H2,1-7H3,(H,38,43). The third kappa shape index (κ3) is 7.88. The number of aromatic nitrogens is 1. The van der Waals surface area contributed by atoms with E-state index in [1.165, 1.54) is 12.7 Å². The van der Waals surface area contributed by atoms with Gasteiger partial charge in [0.15, 0.2) is 5.76 Å². The fourth-order valence-electron chi connectivity index (χ4n) is 7.46. The molecular formula is C37H53N5O5S. The Morgan fingerprint density at radius 2 is 1.81 bits per heavy atom. The number of hydrogen-bond acceptors (Lipinski definition) is 6. The first-order valence-corrected chi connectivity index (χ1v) is 19.0. The number of sulfonamides is 1. The summed E-state index contributed by atoms with van der Waals surface area (Å²) >= 11 is 0. The van der Waals surface area contributed by atoms with Crippen molar-refractivity contribution in [1.29, 1.82) is 0 Å². The van der Waals surface area contributed by atoms with E-state index >= 15 is 0 Å². The van der Waals surface area contributed by atoms with Crippen molar-refractivity contribution in [2.75, 3.05) is 39.5 Å².